The summed E-state index contributed by atoms with van der Waals surface area (Å²) >= 11 is 1.40. The molecular weight excluding hydrogens is 362 g/mol. The fourth-order valence-electron chi connectivity index (χ4n) is 3.47. The molecule has 0 unspecified atom stereocenters. The van der Waals surface area contributed by atoms with Crippen molar-refractivity contribution in [3.05, 3.63) is 23.2 Å². The monoisotopic (exact) mass is 385 g/mol. The summed E-state index contributed by atoms with van der Waals surface area (Å²) < 4.78 is 4.08. The van der Waals surface area contributed by atoms with Crippen LogP contribution in [0.25, 0.3) is 5.57 Å². The average molecular weight is 385 g/mol. The van der Waals surface area contributed by atoms with Gasteiger partial charge >= 0.3 is 0 Å². The summed E-state index contributed by atoms with van der Waals surface area (Å²) in [4.78, 5) is 0. The average Bonchev–Trinajstić information content (AvgIpc) is 3.39. The minimum atomic E-state index is 0.0144. The quantitative estimate of drug-likeness (QED) is 0.463. The van der Waals surface area contributed by atoms with Gasteiger partial charge in [-0.2, -0.15) is 5.26 Å². The van der Waals surface area contributed by atoms with Crippen molar-refractivity contribution in [2.24, 2.45) is 0 Å². The van der Waals surface area contributed by atoms with Crippen LogP contribution in [0.2, 0.25) is 0 Å². The first-order chi connectivity index (χ1) is 13.2. The Morgan fingerprint density at radius 2 is 2.07 bits per heavy atom. The molecule has 0 aromatic carbocycles. The predicted molar refractivity (Wildman–Crippen MR) is 101 cm³/mol. The van der Waals surface area contributed by atoms with Crippen molar-refractivity contribution in [2.75, 3.05) is 5.75 Å². The van der Waals surface area contributed by atoms with Crippen molar-refractivity contribution < 1.29 is 5.11 Å². The normalized spacial score (nSPS) is 17.8. The first kappa shape index (κ1) is 18.0. The molecule has 2 aromatic heterocycles. The third-order valence-corrected chi connectivity index (χ3v) is 6.05. The standard InChI is InChI=1S/C18H23N7OS/c1-2-24-16(12-7-8-12)21-23-18(24)27-11-14(26)13(10-19)17-22-20-15-6-4-3-5-9-25(15)17/h12,26H,2-9,11H2,1H3/b14-13-. The number of allylic oxidation sites excluding steroid dienone is 1. The van der Waals surface area contributed by atoms with Gasteiger partial charge in [0.1, 0.15) is 29.1 Å². The number of aromatic nitrogens is 6. The van der Waals surface area contributed by atoms with Crippen LogP contribution in [-0.2, 0) is 19.5 Å². The molecule has 1 N–H and O–H groups in total. The molecule has 1 saturated carbocycles. The molecule has 1 fully saturated rings. The molecule has 0 bridgehead atoms. The Hall–Kier alpha value is -2.34. The highest BCUT2D eigenvalue weighted by atomic mass is 32.2. The second-order valence-corrected chi connectivity index (χ2v) is 7.93. The molecule has 8 nitrogen and oxygen atoms in total. The van der Waals surface area contributed by atoms with E-state index in [0.29, 0.717) is 11.7 Å². The zero-order valence-corrected chi connectivity index (χ0v) is 16.2. The number of nitriles is 1. The number of rotatable bonds is 6. The van der Waals surface area contributed by atoms with Crippen LogP contribution < -0.4 is 0 Å². The number of aryl methyl sites for hydroxylation is 1. The molecule has 1 aliphatic carbocycles. The van der Waals surface area contributed by atoms with Gasteiger partial charge in [-0.3, -0.25) is 0 Å². The first-order valence-electron chi connectivity index (χ1n) is 9.53. The lowest BCUT2D eigenvalue weighted by atomic mass is 10.2. The van der Waals surface area contributed by atoms with Crippen LogP contribution in [0.5, 0.6) is 0 Å². The zero-order chi connectivity index (χ0) is 18.8. The van der Waals surface area contributed by atoms with Gasteiger partial charge in [0.05, 0.1) is 5.75 Å². The molecule has 0 saturated heterocycles. The van der Waals surface area contributed by atoms with E-state index in [9.17, 15) is 10.4 Å². The van der Waals surface area contributed by atoms with Crippen molar-refractivity contribution in [1.82, 2.24) is 29.5 Å². The lowest BCUT2D eigenvalue weighted by molar-refractivity contribution is 0.419. The van der Waals surface area contributed by atoms with E-state index in [-0.39, 0.29) is 17.1 Å². The number of nitrogens with zero attached hydrogens (tertiary/aromatic N) is 7. The minimum Gasteiger partial charge on any atom is -0.510 e. The van der Waals surface area contributed by atoms with Crippen LogP contribution >= 0.6 is 11.8 Å². The van der Waals surface area contributed by atoms with Crippen LogP contribution in [0, 0.1) is 11.3 Å². The van der Waals surface area contributed by atoms with E-state index in [1.165, 1.54) is 24.6 Å². The smallest absolute Gasteiger partial charge is 0.191 e. The van der Waals surface area contributed by atoms with Gasteiger partial charge < -0.3 is 14.2 Å². The van der Waals surface area contributed by atoms with Crippen LogP contribution in [-0.4, -0.2) is 40.4 Å². The van der Waals surface area contributed by atoms with E-state index in [4.69, 9.17) is 0 Å². The molecule has 1 aliphatic heterocycles. The minimum absolute atomic E-state index is 0.0144. The van der Waals surface area contributed by atoms with Crippen molar-refractivity contribution in [2.45, 2.75) is 69.6 Å². The first-order valence-corrected chi connectivity index (χ1v) is 10.5. The maximum Gasteiger partial charge on any atom is 0.191 e. The Morgan fingerprint density at radius 3 is 2.81 bits per heavy atom. The fraction of sp³-hybridized carbons (Fsp3) is 0.611. The molecule has 0 radical (unpaired) electrons. The summed E-state index contributed by atoms with van der Waals surface area (Å²) in [5.74, 6) is 3.21. The summed E-state index contributed by atoms with van der Waals surface area (Å²) in [6, 6.07) is 2.12. The Bertz CT molecular complexity index is 903. The van der Waals surface area contributed by atoms with E-state index in [0.717, 1.165) is 55.6 Å². The third kappa shape index (κ3) is 3.58. The molecule has 9 heteroatoms. The van der Waals surface area contributed by atoms with E-state index in [2.05, 4.69) is 38.0 Å². The van der Waals surface area contributed by atoms with Crippen LogP contribution in [0.4, 0.5) is 0 Å². The Morgan fingerprint density at radius 1 is 1.22 bits per heavy atom. The summed E-state index contributed by atoms with van der Waals surface area (Å²) in [5.41, 5.74) is 0.202. The number of thioether (sulfide) groups is 1. The van der Waals surface area contributed by atoms with Crippen molar-refractivity contribution in [1.29, 1.82) is 5.26 Å². The molecule has 142 valence electrons. The topological polar surface area (TPSA) is 105 Å². The van der Waals surface area contributed by atoms with Gasteiger partial charge in [-0.25, -0.2) is 0 Å². The van der Waals surface area contributed by atoms with E-state index in [1.807, 2.05) is 4.57 Å². The fourth-order valence-corrected chi connectivity index (χ4v) is 4.35. The highest BCUT2D eigenvalue weighted by molar-refractivity contribution is 7.99. The third-order valence-electron chi connectivity index (χ3n) is 5.08. The van der Waals surface area contributed by atoms with Gasteiger partial charge in [0, 0.05) is 25.4 Å². The molecule has 2 aromatic rings. The largest absolute Gasteiger partial charge is 0.510 e. The molecular formula is C18H23N7OS. The van der Waals surface area contributed by atoms with Crippen LogP contribution in [0.15, 0.2) is 10.9 Å². The number of aliphatic hydroxyl groups excluding tert-OH is 1. The highest BCUT2D eigenvalue weighted by Gasteiger charge is 2.30. The Kier molecular flexibility index (Phi) is 5.16. The summed E-state index contributed by atoms with van der Waals surface area (Å²) in [6.45, 7) is 3.66. The molecule has 0 amide bonds. The van der Waals surface area contributed by atoms with Gasteiger partial charge in [0.15, 0.2) is 11.0 Å². The van der Waals surface area contributed by atoms with Crippen molar-refractivity contribution >= 4 is 17.3 Å². The van der Waals surface area contributed by atoms with E-state index in [1.54, 1.807) is 0 Å². The van der Waals surface area contributed by atoms with Gasteiger partial charge in [-0.1, -0.05) is 18.2 Å². The molecule has 0 spiro atoms. The van der Waals surface area contributed by atoms with E-state index < -0.39 is 0 Å². The maximum absolute atomic E-state index is 10.6. The second-order valence-electron chi connectivity index (χ2n) is 6.98. The molecule has 2 aliphatic rings. The second kappa shape index (κ2) is 7.72. The lowest BCUT2D eigenvalue weighted by Crippen LogP contribution is -2.07. The van der Waals surface area contributed by atoms with Crippen LogP contribution in [0.1, 0.15) is 62.4 Å². The number of hydrogen-bond acceptors (Lipinski definition) is 7. The molecule has 3 heterocycles. The van der Waals surface area contributed by atoms with Crippen molar-refractivity contribution in [3.63, 3.8) is 0 Å². The summed E-state index contributed by atoms with van der Waals surface area (Å²) in [6.07, 6.45) is 6.48. The van der Waals surface area contributed by atoms with Crippen molar-refractivity contribution in [3.8, 4) is 6.07 Å². The molecule has 4 rings (SSSR count). The van der Waals surface area contributed by atoms with Gasteiger partial charge in [0.2, 0.25) is 0 Å². The zero-order valence-electron chi connectivity index (χ0n) is 15.4. The number of fused-ring (bicyclic) bond motifs is 1. The van der Waals surface area contributed by atoms with Gasteiger partial charge in [-0.15, -0.1) is 20.4 Å². The number of hydrogen-bond donors (Lipinski definition) is 1. The van der Waals surface area contributed by atoms with E-state index >= 15 is 0 Å². The summed E-state index contributed by atoms with van der Waals surface area (Å²) in [7, 11) is 0. The Labute approximate surface area is 162 Å². The predicted octanol–water partition coefficient (Wildman–Crippen LogP) is 3.08. The number of aliphatic hydroxyl groups is 1. The van der Waals surface area contributed by atoms with Crippen LogP contribution in [0.3, 0.4) is 0 Å². The maximum atomic E-state index is 10.6. The molecule has 27 heavy (non-hydrogen) atoms. The summed E-state index contributed by atoms with van der Waals surface area (Å²) in [5, 5.41) is 38.0. The Balaban J connectivity index is 1.55. The van der Waals surface area contributed by atoms with Gasteiger partial charge in [-0.05, 0) is 32.6 Å². The molecule has 0 atom stereocenters. The lowest BCUT2D eigenvalue weighted by Gasteiger charge is -2.09. The highest BCUT2D eigenvalue weighted by Crippen LogP contribution is 2.40. The SMILES string of the molecule is CCn1c(SC/C(O)=C(\C#N)c2nnc3n2CCCCC3)nnc1C1CC1. The van der Waals surface area contributed by atoms with Gasteiger partial charge in [0.25, 0.3) is 0 Å².